The van der Waals surface area contributed by atoms with Gasteiger partial charge < -0.3 is 19.5 Å². The van der Waals surface area contributed by atoms with Gasteiger partial charge in [0.05, 0.1) is 17.9 Å². The third-order valence-electron chi connectivity index (χ3n) is 5.45. The lowest BCUT2D eigenvalue weighted by Crippen LogP contribution is -2.40. The number of carboxylic acids is 1. The van der Waals surface area contributed by atoms with Gasteiger partial charge in [-0.05, 0) is 18.9 Å². The second-order valence-corrected chi connectivity index (χ2v) is 15.0. The van der Waals surface area contributed by atoms with Crippen molar-refractivity contribution in [2.75, 3.05) is 24.7 Å². The van der Waals surface area contributed by atoms with Gasteiger partial charge in [-0.3, -0.25) is 4.79 Å². The largest absolute Gasteiger partial charge is 0.475 e. The lowest BCUT2D eigenvalue weighted by Gasteiger charge is -2.28. The molecule has 3 rings (SSSR count). The average Bonchev–Trinajstić information content (AvgIpc) is 3.23. The van der Waals surface area contributed by atoms with E-state index < -0.39 is 43.2 Å². The molecule has 35 heavy (non-hydrogen) atoms. The zero-order valence-electron chi connectivity index (χ0n) is 19.7. The zero-order chi connectivity index (χ0) is 25.8. The van der Waals surface area contributed by atoms with E-state index in [1.165, 1.54) is 17.2 Å². The summed E-state index contributed by atoms with van der Waals surface area (Å²) in [7, 11) is -1.39. The number of carboxylic acid groups (broad SMARTS) is 1. The lowest BCUT2D eigenvalue weighted by atomic mass is 10.2. The third-order valence-corrected chi connectivity index (χ3v) is 7.15. The summed E-state index contributed by atoms with van der Waals surface area (Å²) < 4.78 is 53.6. The van der Waals surface area contributed by atoms with Crippen molar-refractivity contribution in [2.45, 2.75) is 57.5 Å². The van der Waals surface area contributed by atoms with Crippen molar-refractivity contribution in [2.24, 2.45) is 0 Å². The fraction of sp³-hybridized carbons (Fsp3) is 0.571. The molecule has 192 valence electrons. The first-order chi connectivity index (χ1) is 16.4. The van der Waals surface area contributed by atoms with Gasteiger partial charge in [0.25, 0.3) is 5.56 Å². The Hall–Kier alpha value is -3.00. The third kappa shape index (κ3) is 7.00. The summed E-state index contributed by atoms with van der Waals surface area (Å²) in [4.78, 5) is 32.6. The first-order valence-corrected chi connectivity index (χ1v) is 14.8. The fourth-order valence-corrected chi connectivity index (χ4v) is 4.38. The molecule has 1 N–H and O–H groups in total. The van der Waals surface area contributed by atoms with Crippen molar-refractivity contribution >= 4 is 19.7 Å². The molecule has 0 aliphatic carbocycles. The van der Waals surface area contributed by atoms with Gasteiger partial charge in [-0.25, -0.2) is 14.5 Å². The minimum Gasteiger partial charge on any atom is -0.475 e. The molecule has 2 aromatic rings. The van der Waals surface area contributed by atoms with Gasteiger partial charge in [-0.15, -0.1) is 0 Å². The molecular weight excluding hydrogens is 487 g/mol. The molecule has 0 radical (unpaired) electrons. The number of halogens is 3. The first-order valence-electron chi connectivity index (χ1n) is 11.1. The molecule has 3 heterocycles. The van der Waals surface area contributed by atoms with E-state index in [-0.39, 0.29) is 31.4 Å². The summed E-state index contributed by atoms with van der Waals surface area (Å²) in [5.74, 6) is -1.79. The van der Waals surface area contributed by atoms with Crippen LogP contribution in [-0.4, -0.2) is 64.7 Å². The summed E-state index contributed by atoms with van der Waals surface area (Å²) in [5.41, 5.74) is -2.89. The normalized spacial score (nSPS) is 16.5. The van der Waals surface area contributed by atoms with Crippen molar-refractivity contribution in [1.29, 1.82) is 0 Å². The van der Waals surface area contributed by atoms with Crippen LogP contribution in [0.2, 0.25) is 25.7 Å². The van der Waals surface area contributed by atoms with Crippen LogP contribution in [0.5, 0.6) is 5.88 Å². The first kappa shape index (κ1) is 26.6. The number of hydrogen-bond acceptors (Lipinski definition) is 8. The van der Waals surface area contributed by atoms with Gasteiger partial charge in [0.1, 0.15) is 18.9 Å². The van der Waals surface area contributed by atoms with Crippen LogP contribution in [0.3, 0.4) is 0 Å². The summed E-state index contributed by atoms with van der Waals surface area (Å²) in [6, 6.07) is 1.67. The molecule has 1 atom stereocenters. The van der Waals surface area contributed by atoms with E-state index in [1.807, 2.05) is 0 Å². The second kappa shape index (κ2) is 10.7. The minimum atomic E-state index is -4.90. The highest BCUT2D eigenvalue weighted by Crippen LogP contribution is 2.36. The van der Waals surface area contributed by atoms with E-state index in [4.69, 9.17) is 14.6 Å². The Bertz CT molecular complexity index is 1110. The molecule has 0 aromatic carbocycles. The number of nitrogens with zero attached hydrogens (tertiary/aromatic N) is 5. The van der Waals surface area contributed by atoms with Gasteiger partial charge in [-0.1, -0.05) is 19.6 Å². The molecule has 0 amide bonds. The quantitative estimate of drug-likeness (QED) is 0.376. The molecule has 1 fully saturated rings. The molecule has 1 saturated heterocycles. The number of alkyl halides is 3. The number of hydrogen-bond donors (Lipinski definition) is 1. The molecule has 0 bridgehead atoms. The second-order valence-electron chi connectivity index (χ2n) is 9.38. The molecule has 1 aliphatic heterocycles. The van der Waals surface area contributed by atoms with E-state index in [2.05, 4.69) is 34.7 Å². The van der Waals surface area contributed by atoms with E-state index in [1.54, 1.807) is 0 Å². The van der Waals surface area contributed by atoms with Crippen LogP contribution < -0.4 is 15.2 Å². The standard InChI is InChI=1S/C21H28F3N5O5Si/c1-35(2,3)10-9-33-13-29-19(30)17(21(22,23)24)15(11-26-29)28-8-4-5-14(28)12-34-16-6-7-25-18(27-16)20(31)32/h6-7,11,14H,4-5,8-10,12-13H2,1-3H3,(H,31,32)/t14-/m0/s1. The van der Waals surface area contributed by atoms with Crippen LogP contribution in [0.15, 0.2) is 23.3 Å². The Labute approximate surface area is 200 Å². The van der Waals surface area contributed by atoms with Crippen molar-refractivity contribution in [3.05, 3.63) is 40.2 Å². The average molecular weight is 516 g/mol. The van der Waals surface area contributed by atoms with Gasteiger partial charge in [0.15, 0.2) is 0 Å². The van der Waals surface area contributed by atoms with Crippen molar-refractivity contribution in [3.63, 3.8) is 0 Å². The number of carbonyl (C=O) groups is 1. The maximum absolute atomic E-state index is 14.0. The topological polar surface area (TPSA) is 120 Å². The molecule has 0 unspecified atom stereocenters. The molecule has 0 spiro atoms. The molecule has 2 aromatic heterocycles. The van der Waals surface area contributed by atoms with E-state index >= 15 is 0 Å². The SMILES string of the molecule is C[Si](C)(C)CCOCn1ncc(N2CCC[C@H]2COc2ccnc(C(=O)O)n2)c(C(F)(F)F)c1=O. The van der Waals surface area contributed by atoms with Crippen LogP contribution in [0.25, 0.3) is 0 Å². The Morgan fingerprint density at radius 1 is 1.31 bits per heavy atom. The summed E-state index contributed by atoms with van der Waals surface area (Å²) in [5, 5.41) is 12.9. The van der Waals surface area contributed by atoms with Gasteiger partial charge in [0.2, 0.25) is 11.7 Å². The highest BCUT2D eigenvalue weighted by molar-refractivity contribution is 6.76. The van der Waals surface area contributed by atoms with E-state index in [0.717, 1.165) is 12.2 Å². The maximum atomic E-state index is 14.0. The van der Waals surface area contributed by atoms with Crippen LogP contribution in [0.4, 0.5) is 18.9 Å². The predicted molar refractivity (Wildman–Crippen MR) is 122 cm³/mol. The van der Waals surface area contributed by atoms with Gasteiger partial charge in [0, 0.05) is 33.5 Å². The van der Waals surface area contributed by atoms with Crippen LogP contribution >= 0.6 is 0 Å². The Morgan fingerprint density at radius 3 is 2.71 bits per heavy atom. The predicted octanol–water partition coefficient (Wildman–Crippen LogP) is 3.11. The number of ether oxygens (including phenoxy) is 2. The van der Waals surface area contributed by atoms with Gasteiger partial charge >= 0.3 is 12.1 Å². The Morgan fingerprint density at radius 2 is 2.06 bits per heavy atom. The molecule has 14 heteroatoms. The van der Waals surface area contributed by atoms with Crippen LogP contribution in [-0.2, 0) is 17.6 Å². The Kier molecular flexibility index (Phi) is 8.15. The minimum absolute atomic E-state index is 0.00990. The van der Waals surface area contributed by atoms with Crippen molar-refractivity contribution in [3.8, 4) is 5.88 Å². The number of anilines is 1. The monoisotopic (exact) mass is 515 g/mol. The van der Waals surface area contributed by atoms with Crippen molar-refractivity contribution < 1.29 is 32.5 Å². The molecule has 10 nitrogen and oxygen atoms in total. The van der Waals surface area contributed by atoms with Gasteiger partial charge in [-0.2, -0.15) is 23.3 Å². The maximum Gasteiger partial charge on any atom is 0.423 e. The number of aromatic carboxylic acids is 1. The number of rotatable bonds is 10. The van der Waals surface area contributed by atoms with Crippen molar-refractivity contribution in [1.82, 2.24) is 19.7 Å². The zero-order valence-corrected chi connectivity index (χ0v) is 20.7. The highest BCUT2D eigenvalue weighted by atomic mass is 28.3. The Balaban J connectivity index is 1.79. The number of aromatic nitrogens is 4. The van der Waals surface area contributed by atoms with E-state index in [9.17, 15) is 22.8 Å². The summed E-state index contributed by atoms with van der Waals surface area (Å²) in [6.07, 6.45) is -1.55. The highest BCUT2D eigenvalue weighted by Gasteiger charge is 2.41. The smallest absolute Gasteiger partial charge is 0.423 e. The summed E-state index contributed by atoms with van der Waals surface area (Å²) in [6.45, 7) is 6.62. The summed E-state index contributed by atoms with van der Waals surface area (Å²) >= 11 is 0. The van der Waals surface area contributed by atoms with Crippen LogP contribution in [0, 0.1) is 0 Å². The molecule has 0 saturated carbocycles. The van der Waals surface area contributed by atoms with Crippen LogP contribution in [0.1, 0.15) is 29.0 Å². The lowest BCUT2D eigenvalue weighted by molar-refractivity contribution is -0.138. The molecular formula is C21H28F3N5O5Si. The fourth-order valence-electron chi connectivity index (χ4n) is 3.62. The van der Waals surface area contributed by atoms with E-state index in [0.29, 0.717) is 24.1 Å². The molecule has 1 aliphatic rings.